The van der Waals surface area contributed by atoms with Crippen molar-refractivity contribution in [1.82, 2.24) is 5.32 Å². The molecule has 0 radical (unpaired) electrons. The van der Waals surface area contributed by atoms with E-state index in [1.807, 2.05) is 27.7 Å². The zero-order chi connectivity index (χ0) is 18.8. The van der Waals surface area contributed by atoms with Gasteiger partial charge in [-0.2, -0.15) is 0 Å². The Balaban J connectivity index is 2.19. The van der Waals surface area contributed by atoms with Crippen molar-refractivity contribution in [2.24, 2.45) is 0 Å². The summed E-state index contributed by atoms with van der Waals surface area (Å²) >= 11 is 6.04. The summed E-state index contributed by atoms with van der Waals surface area (Å²) in [5.41, 5.74) is 1.33. The molecule has 2 aromatic rings. The van der Waals surface area contributed by atoms with Crippen molar-refractivity contribution in [1.29, 1.82) is 0 Å². The zero-order valence-electron chi connectivity index (χ0n) is 14.6. The lowest BCUT2D eigenvalue weighted by atomic mass is 10.1. The second-order valence-corrected chi connectivity index (χ2v) is 8.88. The molecule has 5 nitrogen and oxygen atoms in total. The summed E-state index contributed by atoms with van der Waals surface area (Å²) in [5.74, 6) is -0.219. The SMILES string of the molecule is Cc1ccc(S(=O)(=O)Nc2ccc(C(=O)NC(C)(C)C)cc2)c(Cl)c1. The van der Waals surface area contributed by atoms with E-state index in [0.717, 1.165) is 5.56 Å². The molecular formula is C18H21ClN2O3S. The number of sulfonamides is 1. The fourth-order valence-corrected chi connectivity index (χ4v) is 3.80. The number of carbonyl (C=O) groups is 1. The molecule has 0 aromatic heterocycles. The molecule has 0 spiro atoms. The van der Waals surface area contributed by atoms with Crippen molar-refractivity contribution in [3.63, 3.8) is 0 Å². The molecule has 0 atom stereocenters. The van der Waals surface area contributed by atoms with E-state index in [1.165, 1.54) is 18.2 Å². The summed E-state index contributed by atoms with van der Waals surface area (Å²) in [6, 6.07) is 10.9. The Morgan fingerprint density at radius 2 is 1.64 bits per heavy atom. The molecule has 0 bridgehead atoms. The van der Waals surface area contributed by atoms with Crippen LogP contribution in [0.1, 0.15) is 36.7 Å². The maximum Gasteiger partial charge on any atom is 0.263 e. The topological polar surface area (TPSA) is 75.3 Å². The number of nitrogens with one attached hydrogen (secondary N) is 2. The first-order valence-corrected chi connectivity index (χ1v) is 9.56. The summed E-state index contributed by atoms with van der Waals surface area (Å²) in [6.07, 6.45) is 0. The number of benzene rings is 2. The average Bonchev–Trinajstić information content (AvgIpc) is 2.45. The van der Waals surface area contributed by atoms with Crippen molar-refractivity contribution < 1.29 is 13.2 Å². The van der Waals surface area contributed by atoms with Crippen LogP contribution in [-0.4, -0.2) is 19.9 Å². The van der Waals surface area contributed by atoms with Crippen LogP contribution in [0.15, 0.2) is 47.4 Å². The van der Waals surface area contributed by atoms with Crippen molar-refractivity contribution in [2.75, 3.05) is 4.72 Å². The highest BCUT2D eigenvalue weighted by molar-refractivity contribution is 7.92. The monoisotopic (exact) mass is 380 g/mol. The predicted octanol–water partition coefficient (Wildman–Crippen LogP) is 3.98. The first-order valence-electron chi connectivity index (χ1n) is 7.69. The van der Waals surface area contributed by atoms with Gasteiger partial charge in [-0.05, 0) is 69.7 Å². The summed E-state index contributed by atoms with van der Waals surface area (Å²) in [4.78, 5) is 12.1. The van der Waals surface area contributed by atoms with Crippen LogP contribution < -0.4 is 10.0 Å². The Labute approximate surface area is 153 Å². The lowest BCUT2D eigenvalue weighted by Crippen LogP contribution is -2.40. The van der Waals surface area contributed by atoms with Crippen LogP contribution in [-0.2, 0) is 10.0 Å². The van der Waals surface area contributed by atoms with Gasteiger partial charge >= 0.3 is 0 Å². The maximum atomic E-state index is 12.5. The van der Waals surface area contributed by atoms with Gasteiger partial charge in [-0.1, -0.05) is 17.7 Å². The molecule has 0 heterocycles. The zero-order valence-corrected chi connectivity index (χ0v) is 16.1. The lowest BCUT2D eigenvalue weighted by Gasteiger charge is -2.20. The Morgan fingerprint density at radius 1 is 1.04 bits per heavy atom. The van der Waals surface area contributed by atoms with E-state index in [2.05, 4.69) is 10.0 Å². The smallest absolute Gasteiger partial charge is 0.263 e. The summed E-state index contributed by atoms with van der Waals surface area (Å²) < 4.78 is 27.4. The number of amides is 1. The molecule has 2 N–H and O–H groups in total. The van der Waals surface area contributed by atoms with E-state index in [1.54, 1.807) is 24.3 Å². The van der Waals surface area contributed by atoms with Crippen LogP contribution in [0, 0.1) is 6.92 Å². The Hall–Kier alpha value is -2.05. The Kier molecular flexibility index (Phi) is 5.44. The predicted molar refractivity (Wildman–Crippen MR) is 101 cm³/mol. The van der Waals surface area contributed by atoms with Crippen molar-refractivity contribution in [3.05, 3.63) is 58.6 Å². The van der Waals surface area contributed by atoms with Gasteiger partial charge in [-0.3, -0.25) is 9.52 Å². The first kappa shape index (κ1) is 19.3. The molecule has 0 fully saturated rings. The first-order chi connectivity index (χ1) is 11.5. The van der Waals surface area contributed by atoms with Gasteiger partial charge in [-0.25, -0.2) is 8.42 Å². The minimum atomic E-state index is -3.81. The molecule has 2 rings (SSSR count). The average molecular weight is 381 g/mol. The van der Waals surface area contributed by atoms with Gasteiger partial charge in [0.15, 0.2) is 0 Å². The fraction of sp³-hybridized carbons (Fsp3) is 0.278. The highest BCUT2D eigenvalue weighted by Gasteiger charge is 2.19. The molecule has 0 aliphatic rings. The molecule has 0 saturated heterocycles. The fourth-order valence-electron chi connectivity index (χ4n) is 2.14. The van der Waals surface area contributed by atoms with Crippen LogP contribution in [0.5, 0.6) is 0 Å². The minimum absolute atomic E-state index is 0.00863. The second kappa shape index (κ2) is 7.06. The number of rotatable bonds is 4. The number of hydrogen-bond donors (Lipinski definition) is 2. The Morgan fingerprint density at radius 3 is 2.16 bits per heavy atom. The number of aryl methyl sites for hydroxylation is 1. The molecular weight excluding hydrogens is 360 g/mol. The summed E-state index contributed by atoms with van der Waals surface area (Å²) in [5, 5.41) is 3.01. The van der Waals surface area contributed by atoms with E-state index >= 15 is 0 Å². The van der Waals surface area contributed by atoms with Crippen LogP contribution in [0.3, 0.4) is 0 Å². The van der Waals surface area contributed by atoms with Gasteiger partial charge < -0.3 is 5.32 Å². The van der Waals surface area contributed by atoms with E-state index in [-0.39, 0.29) is 21.4 Å². The molecule has 7 heteroatoms. The number of hydrogen-bond acceptors (Lipinski definition) is 3. The third-order valence-electron chi connectivity index (χ3n) is 3.26. The summed E-state index contributed by atoms with van der Waals surface area (Å²) in [7, 11) is -3.81. The molecule has 134 valence electrons. The van der Waals surface area contributed by atoms with Gasteiger partial charge in [0, 0.05) is 16.8 Å². The highest BCUT2D eigenvalue weighted by atomic mass is 35.5. The Bertz CT molecular complexity index is 886. The van der Waals surface area contributed by atoms with Gasteiger partial charge in [0.05, 0.1) is 5.02 Å². The molecule has 0 saturated carbocycles. The lowest BCUT2D eigenvalue weighted by molar-refractivity contribution is 0.0919. The molecule has 2 aromatic carbocycles. The van der Waals surface area contributed by atoms with E-state index in [0.29, 0.717) is 11.3 Å². The minimum Gasteiger partial charge on any atom is -0.347 e. The largest absolute Gasteiger partial charge is 0.347 e. The van der Waals surface area contributed by atoms with Gasteiger partial charge in [0.1, 0.15) is 4.90 Å². The third kappa shape index (κ3) is 5.21. The molecule has 0 aliphatic heterocycles. The van der Waals surface area contributed by atoms with Crippen LogP contribution in [0.4, 0.5) is 5.69 Å². The maximum absolute atomic E-state index is 12.5. The van der Waals surface area contributed by atoms with E-state index in [9.17, 15) is 13.2 Å². The number of anilines is 1. The number of carbonyl (C=O) groups excluding carboxylic acids is 1. The number of halogens is 1. The molecule has 0 aliphatic carbocycles. The second-order valence-electron chi connectivity index (χ2n) is 6.82. The summed E-state index contributed by atoms with van der Waals surface area (Å²) in [6.45, 7) is 7.49. The van der Waals surface area contributed by atoms with Gasteiger partial charge in [-0.15, -0.1) is 0 Å². The van der Waals surface area contributed by atoms with E-state index in [4.69, 9.17) is 11.6 Å². The van der Waals surface area contributed by atoms with Crippen molar-refractivity contribution >= 4 is 33.2 Å². The molecule has 25 heavy (non-hydrogen) atoms. The van der Waals surface area contributed by atoms with E-state index < -0.39 is 10.0 Å². The van der Waals surface area contributed by atoms with Gasteiger partial charge in [0.25, 0.3) is 15.9 Å². The highest BCUT2D eigenvalue weighted by Crippen LogP contribution is 2.25. The van der Waals surface area contributed by atoms with Crippen LogP contribution in [0.2, 0.25) is 5.02 Å². The van der Waals surface area contributed by atoms with Gasteiger partial charge in [0.2, 0.25) is 0 Å². The van der Waals surface area contributed by atoms with Crippen LogP contribution in [0.25, 0.3) is 0 Å². The molecule has 1 amide bonds. The van der Waals surface area contributed by atoms with Crippen LogP contribution >= 0.6 is 11.6 Å². The third-order valence-corrected chi connectivity index (χ3v) is 5.13. The standard InChI is InChI=1S/C18H21ClN2O3S/c1-12-5-10-16(15(19)11-12)25(23,24)21-14-8-6-13(7-9-14)17(22)20-18(2,3)4/h5-11,21H,1-4H3,(H,20,22). The quantitative estimate of drug-likeness (QED) is 0.842. The van der Waals surface area contributed by atoms with Crippen molar-refractivity contribution in [2.45, 2.75) is 38.1 Å². The normalized spacial score (nSPS) is 11.9. The van der Waals surface area contributed by atoms with Crippen molar-refractivity contribution in [3.8, 4) is 0 Å². The molecule has 0 unspecified atom stereocenters.